The van der Waals surface area contributed by atoms with Crippen LogP contribution in [-0.4, -0.2) is 41.2 Å². The largest absolute Gasteiger partial charge is 0.490 e. The number of nitrogens with zero attached hydrogens (tertiary/aromatic N) is 3. The number of furan rings is 1. The van der Waals surface area contributed by atoms with Crippen LogP contribution in [0.25, 0.3) is 33.5 Å². The van der Waals surface area contributed by atoms with Crippen molar-refractivity contribution >= 4 is 50.0 Å². The number of esters is 1. The number of ether oxygens (including phenoxy) is 3. The summed E-state index contributed by atoms with van der Waals surface area (Å²) in [4.78, 5) is 30.4. The molecule has 3 aromatic carbocycles. The lowest BCUT2D eigenvalue weighted by Gasteiger charge is -2.18. The molecule has 0 bridgehead atoms. The normalized spacial score (nSPS) is 12.2. The molecule has 1 atom stereocenters. The molecular weight excluding hydrogens is 578 g/mol. The van der Waals surface area contributed by atoms with Gasteiger partial charge < -0.3 is 18.6 Å². The van der Waals surface area contributed by atoms with Gasteiger partial charge in [0.1, 0.15) is 5.58 Å². The first-order chi connectivity index (χ1) is 19.4. The van der Waals surface area contributed by atoms with E-state index in [4.69, 9.17) is 23.6 Å². The topological polar surface area (TPSA) is 105 Å². The molecule has 0 aliphatic heterocycles. The van der Waals surface area contributed by atoms with E-state index in [-0.39, 0.29) is 18.0 Å². The minimum atomic E-state index is -0.844. The molecule has 5 aromatic rings. The van der Waals surface area contributed by atoms with Gasteiger partial charge in [-0.2, -0.15) is 9.78 Å². The summed E-state index contributed by atoms with van der Waals surface area (Å²) in [7, 11) is 0. The molecule has 10 heteroatoms. The first-order valence-electron chi connectivity index (χ1n) is 12.7. The van der Waals surface area contributed by atoms with Crippen LogP contribution in [0.15, 0.2) is 85.5 Å². The summed E-state index contributed by atoms with van der Waals surface area (Å²) in [6.07, 6.45) is 0.680. The van der Waals surface area contributed by atoms with Crippen LogP contribution in [0.2, 0.25) is 0 Å². The maximum Gasteiger partial charge on any atom is 0.347 e. The summed E-state index contributed by atoms with van der Waals surface area (Å²) >= 11 is 3.51. The standard InChI is InChI=1S/C30H26BrN3O6/c1-4-37-25-15-19(14-22(31)27(25)39-18(3)30(36)38-5-2)17-32-34-28(26-16-20-10-6-9-13-24(20)40-26)33-23-12-8-7-11-21(23)29(34)35/h6-18H,4-5H2,1-3H3/t18-/m0/s1. The van der Waals surface area contributed by atoms with Gasteiger partial charge in [-0.25, -0.2) is 9.78 Å². The molecular formula is C30H26BrN3O6. The molecule has 0 aliphatic rings. The fourth-order valence-electron chi connectivity index (χ4n) is 4.13. The number of carbonyl (C=O) groups excluding carboxylic acids is 1. The number of fused-ring (bicyclic) bond motifs is 2. The van der Waals surface area contributed by atoms with Gasteiger partial charge in [0.2, 0.25) is 5.82 Å². The number of hydrogen-bond donors (Lipinski definition) is 0. The van der Waals surface area contributed by atoms with Crippen molar-refractivity contribution in [2.45, 2.75) is 26.9 Å². The third-order valence-corrected chi connectivity index (χ3v) is 6.56. The van der Waals surface area contributed by atoms with Crippen LogP contribution >= 0.6 is 15.9 Å². The molecule has 2 heterocycles. The van der Waals surface area contributed by atoms with Crippen molar-refractivity contribution in [2.75, 3.05) is 13.2 Å². The number of aromatic nitrogens is 2. The van der Waals surface area contributed by atoms with Gasteiger partial charge in [0, 0.05) is 5.39 Å². The first kappa shape index (κ1) is 27.1. The SMILES string of the molecule is CCOC(=O)[C@H](C)Oc1c(Br)cc(C=Nn2c(-c3cc4ccccc4o3)nc3ccccc3c2=O)cc1OCC. The van der Waals surface area contributed by atoms with E-state index in [0.717, 1.165) is 5.39 Å². The van der Waals surface area contributed by atoms with Gasteiger partial charge >= 0.3 is 5.97 Å². The van der Waals surface area contributed by atoms with Gasteiger partial charge in [0.25, 0.3) is 5.56 Å². The quantitative estimate of drug-likeness (QED) is 0.146. The molecule has 0 aliphatic carbocycles. The zero-order valence-corrected chi connectivity index (χ0v) is 23.7. The third-order valence-electron chi connectivity index (χ3n) is 5.97. The Hall–Kier alpha value is -4.44. The van der Waals surface area contributed by atoms with E-state index in [1.165, 1.54) is 10.9 Å². The minimum Gasteiger partial charge on any atom is -0.490 e. The van der Waals surface area contributed by atoms with E-state index in [1.54, 1.807) is 44.2 Å². The van der Waals surface area contributed by atoms with Crippen molar-refractivity contribution in [2.24, 2.45) is 5.10 Å². The second kappa shape index (κ2) is 11.7. The van der Waals surface area contributed by atoms with Crippen LogP contribution in [0.4, 0.5) is 0 Å². The number of benzene rings is 3. The first-order valence-corrected chi connectivity index (χ1v) is 13.5. The van der Waals surface area contributed by atoms with E-state index >= 15 is 0 Å². The van der Waals surface area contributed by atoms with Crippen molar-refractivity contribution in [1.29, 1.82) is 0 Å². The highest BCUT2D eigenvalue weighted by atomic mass is 79.9. The van der Waals surface area contributed by atoms with E-state index in [0.29, 0.717) is 50.4 Å². The number of halogens is 1. The highest BCUT2D eigenvalue weighted by Crippen LogP contribution is 2.37. The van der Waals surface area contributed by atoms with Gasteiger partial charge in [0.05, 0.1) is 34.8 Å². The smallest absolute Gasteiger partial charge is 0.347 e. The Kier molecular flexibility index (Phi) is 7.97. The van der Waals surface area contributed by atoms with Crippen LogP contribution in [0.3, 0.4) is 0 Å². The summed E-state index contributed by atoms with van der Waals surface area (Å²) < 4.78 is 24.5. The molecule has 0 spiro atoms. The molecule has 0 radical (unpaired) electrons. The monoisotopic (exact) mass is 603 g/mol. The number of carbonyl (C=O) groups is 1. The van der Waals surface area contributed by atoms with Crippen molar-refractivity contribution in [3.63, 3.8) is 0 Å². The fourth-order valence-corrected chi connectivity index (χ4v) is 4.68. The van der Waals surface area contributed by atoms with Gasteiger partial charge in [-0.15, -0.1) is 0 Å². The van der Waals surface area contributed by atoms with E-state index in [2.05, 4.69) is 21.0 Å². The van der Waals surface area contributed by atoms with E-state index in [9.17, 15) is 9.59 Å². The van der Waals surface area contributed by atoms with E-state index < -0.39 is 12.1 Å². The molecule has 40 heavy (non-hydrogen) atoms. The van der Waals surface area contributed by atoms with Gasteiger partial charge in [-0.3, -0.25) is 4.79 Å². The predicted molar refractivity (Wildman–Crippen MR) is 156 cm³/mol. The Balaban J connectivity index is 1.58. The second-order valence-electron chi connectivity index (χ2n) is 8.74. The van der Waals surface area contributed by atoms with Crippen LogP contribution in [0.1, 0.15) is 26.3 Å². The number of hydrogen-bond acceptors (Lipinski definition) is 8. The predicted octanol–water partition coefficient (Wildman–Crippen LogP) is 6.18. The summed E-state index contributed by atoms with van der Waals surface area (Å²) in [5.41, 5.74) is 1.48. The maximum absolute atomic E-state index is 13.6. The summed E-state index contributed by atoms with van der Waals surface area (Å²) in [6, 6.07) is 19.9. The number of rotatable bonds is 9. The van der Waals surface area contributed by atoms with Crippen molar-refractivity contribution in [1.82, 2.24) is 9.66 Å². The Labute approximate surface area is 238 Å². The van der Waals surface area contributed by atoms with Crippen LogP contribution in [-0.2, 0) is 9.53 Å². The Morgan fingerprint density at radius 1 is 1.10 bits per heavy atom. The molecule has 2 aromatic heterocycles. The van der Waals surface area contributed by atoms with Crippen LogP contribution in [0.5, 0.6) is 11.5 Å². The van der Waals surface area contributed by atoms with Crippen LogP contribution in [0, 0.1) is 0 Å². The summed E-state index contributed by atoms with van der Waals surface area (Å²) in [5, 5.41) is 5.83. The lowest BCUT2D eigenvalue weighted by molar-refractivity contribution is -0.150. The second-order valence-corrected chi connectivity index (χ2v) is 9.59. The zero-order chi connectivity index (χ0) is 28.2. The van der Waals surface area contributed by atoms with Crippen molar-refractivity contribution in [3.8, 4) is 23.1 Å². The Morgan fingerprint density at radius 2 is 1.88 bits per heavy atom. The molecule has 0 unspecified atom stereocenters. The Bertz CT molecular complexity index is 1760. The van der Waals surface area contributed by atoms with E-state index in [1.807, 2.05) is 43.3 Å². The van der Waals surface area contributed by atoms with Gasteiger partial charge in [0.15, 0.2) is 23.4 Å². The average Bonchev–Trinajstić information content (AvgIpc) is 3.39. The van der Waals surface area contributed by atoms with Gasteiger partial charge in [-0.1, -0.05) is 30.3 Å². The van der Waals surface area contributed by atoms with Crippen molar-refractivity contribution < 1.29 is 23.4 Å². The molecule has 204 valence electrons. The number of para-hydroxylation sites is 2. The molecule has 0 saturated heterocycles. The molecule has 0 N–H and O–H groups in total. The maximum atomic E-state index is 13.6. The summed E-state index contributed by atoms with van der Waals surface area (Å²) in [6.45, 7) is 5.79. The van der Waals surface area contributed by atoms with Crippen molar-refractivity contribution in [3.05, 3.63) is 87.1 Å². The highest BCUT2D eigenvalue weighted by molar-refractivity contribution is 9.10. The lowest BCUT2D eigenvalue weighted by Crippen LogP contribution is -2.26. The fraction of sp³-hybridized carbons (Fsp3) is 0.200. The molecule has 5 rings (SSSR count). The summed E-state index contributed by atoms with van der Waals surface area (Å²) in [5.74, 6) is 0.948. The lowest BCUT2D eigenvalue weighted by atomic mass is 10.2. The Morgan fingerprint density at radius 3 is 2.65 bits per heavy atom. The molecule has 0 fully saturated rings. The van der Waals surface area contributed by atoms with Gasteiger partial charge in [-0.05, 0) is 78.7 Å². The highest BCUT2D eigenvalue weighted by Gasteiger charge is 2.21. The molecule has 0 amide bonds. The molecule has 0 saturated carbocycles. The minimum absolute atomic E-state index is 0.250. The van der Waals surface area contributed by atoms with Crippen LogP contribution < -0.4 is 15.0 Å². The molecule has 9 nitrogen and oxygen atoms in total. The third kappa shape index (κ3) is 5.48. The zero-order valence-electron chi connectivity index (χ0n) is 22.1. The average molecular weight is 604 g/mol.